The predicted octanol–water partition coefficient (Wildman–Crippen LogP) is 4.12. The molecule has 1 atom stereocenters. The summed E-state index contributed by atoms with van der Waals surface area (Å²) in [5, 5.41) is 0. The Balaban J connectivity index is 2.43. The lowest BCUT2D eigenvalue weighted by molar-refractivity contribution is 0.205. The minimum Gasteiger partial charge on any atom is -0.496 e. The van der Waals surface area contributed by atoms with E-state index in [1.807, 2.05) is 44.2 Å². The molecule has 132 valence electrons. The number of sulfonamides is 1. The molecule has 5 heteroatoms. The van der Waals surface area contributed by atoms with E-state index in [2.05, 4.69) is 11.3 Å². The Labute approximate surface area is 149 Å². The van der Waals surface area contributed by atoms with Crippen LogP contribution in [0.3, 0.4) is 0 Å². The number of allylic oxidation sites excluding steroid dienone is 2. The van der Waals surface area contributed by atoms with Crippen LogP contribution in [0.25, 0.3) is 0 Å². The van der Waals surface area contributed by atoms with E-state index in [-0.39, 0.29) is 4.90 Å². The van der Waals surface area contributed by atoms with Gasteiger partial charge in [-0.15, -0.1) is 0 Å². The Hall–Kier alpha value is -2.37. The van der Waals surface area contributed by atoms with Crippen LogP contribution in [-0.4, -0.2) is 15.0 Å². The first-order chi connectivity index (χ1) is 12.0. The zero-order chi connectivity index (χ0) is 18.3. The second-order valence-electron chi connectivity index (χ2n) is 5.52. The maximum Gasteiger partial charge on any atom is 0.241 e. The molecule has 0 aliphatic rings. The van der Waals surface area contributed by atoms with Crippen LogP contribution in [0.2, 0.25) is 0 Å². The summed E-state index contributed by atoms with van der Waals surface area (Å²) < 4.78 is 34.0. The van der Waals surface area contributed by atoms with Gasteiger partial charge in [0.2, 0.25) is 10.0 Å². The minimum atomic E-state index is -3.71. The monoisotopic (exact) mass is 357 g/mol. The molecule has 2 aromatic carbocycles. The average Bonchev–Trinajstić information content (AvgIpc) is 2.61. The van der Waals surface area contributed by atoms with E-state index in [4.69, 9.17) is 4.74 Å². The molecule has 0 amide bonds. The van der Waals surface area contributed by atoms with Gasteiger partial charge in [0.25, 0.3) is 0 Å². The van der Waals surface area contributed by atoms with Crippen molar-refractivity contribution in [2.24, 2.45) is 0 Å². The second-order valence-corrected chi connectivity index (χ2v) is 7.23. The van der Waals surface area contributed by atoms with Gasteiger partial charge in [-0.3, -0.25) is 0 Å². The van der Waals surface area contributed by atoms with E-state index < -0.39 is 16.1 Å². The van der Waals surface area contributed by atoms with Crippen LogP contribution < -0.4 is 4.72 Å². The molecular formula is C20H23NO3S. The van der Waals surface area contributed by atoms with E-state index in [0.717, 1.165) is 11.1 Å². The molecule has 1 unspecified atom stereocenters. The van der Waals surface area contributed by atoms with Crippen molar-refractivity contribution >= 4 is 10.0 Å². The molecule has 2 rings (SSSR count). The van der Waals surface area contributed by atoms with Crippen molar-refractivity contribution < 1.29 is 13.2 Å². The summed E-state index contributed by atoms with van der Waals surface area (Å²) in [4.78, 5) is 0.216. The molecule has 0 aliphatic heterocycles. The first-order valence-corrected chi connectivity index (χ1v) is 9.55. The standard InChI is InChI=1S/C20H23NO3S/c1-4-9-19(24-5-2)20(17-10-7-6-8-11-17)21-25(22,23)18-14-12-16(3)13-15-18/h4,6-15,20-21H,1,5H2,2-3H3/b19-9+. The van der Waals surface area contributed by atoms with E-state index in [0.29, 0.717) is 12.4 Å². The quantitative estimate of drug-likeness (QED) is 0.571. The predicted molar refractivity (Wildman–Crippen MR) is 101 cm³/mol. The molecule has 0 fully saturated rings. The molecule has 0 radical (unpaired) electrons. The Morgan fingerprint density at radius 2 is 1.80 bits per heavy atom. The zero-order valence-electron chi connectivity index (χ0n) is 14.5. The number of hydrogen-bond donors (Lipinski definition) is 1. The summed E-state index contributed by atoms with van der Waals surface area (Å²) in [6.07, 6.45) is 3.26. The Morgan fingerprint density at radius 1 is 1.16 bits per heavy atom. The van der Waals surface area contributed by atoms with Crippen LogP contribution in [0.5, 0.6) is 0 Å². The van der Waals surface area contributed by atoms with E-state index >= 15 is 0 Å². The summed E-state index contributed by atoms with van der Waals surface area (Å²) >= 11 is 0. The molecule has 25 heavy (non-hydrogen) atoms. The van der Waals surface area contributed by atoms with Crippen LogP contribution in [0.15, 0.2) is 84.0 Å². The van der Waals surface area contributed by atoms with Crippen molar-refractivity contribution in [3.8, 4) is 0 Å². The highest BCUT2D eigenvalue weighted by atomic mass is 32.2. The van der Waals surface area contributed by atoms with Gasteiger partial charge in [0.05, 0.1) is 11.5 Å². The SMILES string of the molecule is C=C/C=C(/OCC)C(NS(=O)(=O)c1ccc(C)cc1)c1ccccc1. The third-order valence-corrected chi connectivity index (χ3v) is 5.05. The molecule has 0 aliphatic carbocycles. The number of hydrogen-bond acceptors (Lipinski definition) is 3. The van der Waals surface area contributed by atoms with Crippen LogP contribution in [0.4, 0.5) is 0 Å². The number of aryl methyl sites for hydroxylation is 1. The third kappa shape index (κ3) is 5.05. The van der Waals surface area contributed by atoms with Gasteiger partial charge < -0.3 is 4.74 Å². The van der Waals surface area contributed by atoms with Gasteiger partial charge in [-0.1, -0.05) is 60.7 Å². The molecule has 0 saturated heterocycles. The molecule has 1 N–H and O–H groups in total. The molecule has 4 nitrogen and oxygen atoms in total. The molecule has 0 bridgehead atoms. The van der Waals surface area contributed by atoms with Crippen LogP contribution in [0.1, 0.15) is 24.1 Å². The Bertz CT molecular complexity index is 825. The van der Waals surface area contributed by atoms with E-state index in [1.165, 1.54) is 0 Å². The first-order valence-electron chi connectivity index (χ1n) is 8.07. The first kappa shape index (κ1) is 19.0. The van der Waals surface area contributed by atoms with Crippen molar-refractivity contribution in [1.82, 2.24) is 4.72 Å². The van der Waals surface area contributed by atoms with Gasteiger partial charge >= 0.3 is 0 Å². The third-order valence-electron chi connectivity index (χ3n) is 3.61. The summed E-state index contributed by atoms with van der Waals surface area (Å²) in [5.41, 5.74) is 1.79. The van der Waals surface area contributed by atoms with E-state index in [1.54, 1.807) is 36.4 Å². The fourth-order valence-corrected chi connectivity index (χ4v) is 3.58. The maximum atomic E-state index is 12.8. The molecule has 0 saturated carbocycles. The highest BCUT2D eigenvalue weighted by molar-refractivity contribution is 7.89. The average molecular weight is 357 g/mol. The number of benzene rings is 2. The smallest absolute Gasteiger partial charge is 0.241 e. The lowest BCUT2D eigenvalue weighted by Gasteiger charge is -2.22. The topological polar surface area (TPSA) is 55.4 Å². The summed E-state index contributed by atoms with van der Waals surface area (Å²) in [5.74, 6) is 0.499. The molecule has 0 spiro atoms. The Morgan fingerprint density at radius 3 is 2.36 bits per heavy atom. The van der Waals surface area contributed by atoms with Crippen molar-refractivity contribution in [3.05, 3.63) is 90.2 Å². The fraction of sp³-hybridized carbons (Fsp3) is 0.200. The Kier molecular flexibility index (Phi) is 6.56. The van der Waals surface area contributed by atoms with Crippen molar-refractivity contribution in [2.45, 2.75) is 24.8 Å². The highest BCUT2D eigenvalue weighted by Crippen LogP contribution is 2.25. The van der Waals surface area contributed by atoms with Crippen LogP contribution >= 0.6 is 0 Å². The van der Waals surface area contributed by atoms with Gasteiger partial charge in [-0.25, -0.2) is 8.42 Å². The molecular weight excluding hydrogens is 334 g/mol. The number of ether oxygens (including phenoxy) is 1. The highest BCUT2D eigenvalue weighted by Gasteiger charge is 2.25. The van der Waals surface area contributed by atoms with E-state index in [9.17, 15) is 8.42 Å². The minimum absolute atomic E-state index is 0.216. The normalized spacial score (nSPS) is 13.3. The summed E-state index contributed by atoms with van der Waals surface area (Å²) in [6.45, 7) is 7.88. The van der Waals surface area contributed by atoms with Gasteiger partial charge in [0.1, 0.15) is 11.8 Å². The van der Waals surface area contributed by atoms with Gasteiger partial charge in [0.15, 0.2) is 0 Å². The maximum absolute atomic E-state index is 12.8. The summed E-state index contributed by atoms with van der Waals surface area (Å²) in [7, 11) is -3.71. The molecule has 0 heterocycles. The number of rotatable bonds is 8. The lowest BCUT2D eigenvalue weighted by Crippen LogP contribution is -2.30. The van der Waals surface area contributed by atoms with Gasteiger partial charge in [0, 0.05) is 0 Å². The fourth-order valence-electron chi connectivity index (χ4n) is 2.39. The lowest BCUT2D eigenvalue weighted by atomic mass is 10.1. The van der Waals surface area contributed by atoms with Crippen LogP contribution in [0, 0.1) is 6.92 Å². The van der Waals surface area contributed by atoms with Gasteiger partial charge in [-0.2, -0.15) is 4.72 Å². The zero-order valence-corrected chi connectivity index (χ0v) is 15.3. The largest absolute Gasteiger partial charge is 0.496 e. The number of nitrogens with one attached hydrogen (secondary N) is 1. The van der Waals surface area contributed by atoms with Crippen molar-refractivity contribution in [3.63, 3.8) is 0 Å². The molecule has 0 aromatic heterocycles. The summed E-state index contributed by atoms with van der Waals surface area (Å²) in [6, 6.07) is 15.4. The van der Waals surface area contributed by atoms with Gasteiger partial charge in [-0.05, 0) is 37.6 Å². The second kappa shape index (κ2) is 8.65. The molecule has 2 aromatic rings. The van der Waals surface area contributed by atoms with Crippen LogP contribution in [-0.2, 0) is 14.8 Å². The van der Waals surface area contributed by atoms with Crippen molar-refractivity contribution in [2.75, 3.05) is 6.61 Å². The van der Waals surface area contributed by atoms with Crippen molar-refractivity contribution in [1.29, 1.82) is 0 Å².